The van der Waals surface area contributed by atoms with Crippen molar-refractivity contribution in [1.82, 2.24) is 14.5 Å². The lowest BCUT2D eigenvalue weighted by atomic mass is 9.79. The fourth-order valence-electron chi connectivity index (χ4n) is 7.42. The molecule has 5 heteroatoms. The van der Waals surface area contributed by atoms with Crippen molar-refractivity contribution >= 4 is 38.9 Å². The van der Waals surface area contributed by atoms with Crippen LogP contribution in [0.2, 0.25) is 0 Å². The Morgan fingerprint density at radius 2 is 1.20 bits per heavy atom. The summed E-state index contributed by atoms with van der Waals surface area (Å²) in [7, 11) is 2.03. The smallest absolute Gasteiger partial charge is 0.144 e. The van der Waals surface area contributed by atoms with Gasteiger partial charge in [0.25, 0.3) is 0 Å². The zero-order valence-electron chi connectivity index (χ0n) is 32.1. The van der Waals surface area contributed by atoms with Crippen LogP contribution in [0, 0.1) is 0 Å². The zero-order chi connectivity index (χ0) is 37.8. The van der Waals surface area contributed by atoms with Gasteiger partial charge in [0.2, 0.25) is 0 Å². The second kappa shape index (κ2) is 13.3. The molecule has 0 saturated heterocycles. The number of aromatic nitrogens is 3. The van der Waals surface area contributed by atoms with Crippen molar-refractivity contribution in [3.05, 3.63) is 157 Å². The second-order valence-electron chi connectivity index (χ2n) is 16.2. The van der Waals surface area contributed by atoms with E-state index in [1.54, 1.807) is 0 Å². The van der Waals surface area contributed by atoms with Crippen molar-refractivity contribution in [3.63, 3.8) is 0 Å². The molecular weight excluding hydrogens is 661 g/mol. The Labute approximate surface area is 318 Å². The fourth-order valence-corrected chi connectivity index (χ4v) is 7.42. The maximum Gasteiger partial charge on any atom is 0.144 e. The maximum atomic E-state index is 11.8. The number of pyridine rings is 1. The van der Waals surface area contributed by atoms with Crippen LogP contribution in [0.5, 0.6) is 5.75 Å². The summed E-state index contributed by atoms with van der Waals surface area (Å²) in [5, 5.41) is 14.0. The maximum absolute atomic E-state index is 11.8. The van der Waals surface area contributed by atoms with E-state index in [4.69, 9.17) is 9.97 Å². The van der Waals surface area contributed by atoms with Crippen molar-refractivity contribution in [2.45, 2.75) is 52.4 Å². The van der Waals surface area contributed by atoms with Gasteiger partial charge in [-0.1, -0.05) is 133 Å². The van der Waals surface area contributed by atoms with Gasteiger partial charge in [-0.05, 0) is 76.4 Å². The first kappa shape index (κ1) is 34.9. The largest absolute Gasteiger partial charge is 0.507 e. The van der Waals surface area contributed by atoms with E-state index >= 15 is 0 Å². The number of imidazole rings is 1. The van der Waals surface area contributed by atoms with Crippen molar-refractivity contribution in [1.29, 1.82) is 0 Å². The SMILES string of the molecule is Cn1c(-c2cc(C(C)(C)C)cc(C(C)(C)C)c2O)nc2c(-c3cc4ccccc4c(-c4cccc(N(c5ccccc5)c5ccccc5)c4)n3)cccc21. The molecule has 8 aromatic rings. The van der Waals surface area contributed by atoms with Crippen LogP contribution in [0.25, 0.3) is 55.7 Å². The molecule has 0 saturated carbocycles. The number of phenolic OH excluding ortho intramolecular Hbond substituents is 1. The van der Waals surface area contributed by atoms with Gasteiger partial charge in [0, 0.05) is 46.2 Å². The molecule has 0 radical (unpaired) electrons. The standard InChI is InChI=1S/C49H46N4O/c1-48(2,3)34-30-40(46(54)41(31-34)49(4,5)6)47-51-45-39(26-17-27-43(45)52(47)7)42-29-32-18-14-15-25-38(32)44(50-42)33-19-16-24-37(28-33)53(35-20-10-8-11-21-35)36-22-12-9-13-23-36/h8-31,54H,1-7H3. The van der Waals surface area contributed by atoms with Gasteiger partial charge in [0.05, 0.1) is 28.0 Å². The normalized spacial score (nSPS) is 12.1. The van der Waals surface area contributed by atoms with Crippen LogP contribution in [0.3, 0.4) is 0 Å². The predicted octanol–water partition coefficient (Wildman–Crippen LogP) is 12.9. The third-order valence-corrected chi connectivity index (χ3v) is 10.4. The number of anilines is 3. The van der Waals surface area contributed by atoms with Gasteiger partial charge in [-0.15, -0.1) is 0 Å². The molecule has 8 rings (SSSR count). The van der Waals surface area contributed by atoms with E-state index in [1.165, 1.54) is 0 Å². The van der Waals surface area contributed by atoms with Crippen LogP contribution in [0.1, 0.15) is 52.7 Å². The number of rotatable bonds is 6. The van der Waals surface area contributed by atoms with E-state index in [0.29, 0.717) is 0 Å². The van der Waals surface area contributed by atoms with Crippen LogP contribution in [-0.2, 0) is 17.9 Å². The molecular formula is C49H46N4O. The van der Waals surface area contributed by atoms with Gasteiger partial charge in [-0.2, -0.15) is 0 Å². The van der Waals surface area contributed by atoms with Gasteiger partial charge in [0.1, 0.15) is 11.6 Å². The minimum Gasteiger partial charge on any atom is -0.507 e. The van der Waals surface area contributed by atoms with Crippen molar-refractivity contribution in [2.75, 3.05) is 4.90 Å². The highest BCUT2D eigenvalue weighted by Crippen LogP contribution is 2.44. The third kappa shape index (κ3) is 6.30. The Morgan fingerprint density at radius 3 is 1.87 bits per heavy atom. The van der Waals surface area contributed by atoms with E-state index in [-0.39, 0.29) is 16.6 Å². The number of fused-ring (bicyclic) bond motifs is 2. The molecule has 0 aliphatic rings. The van der Waals surface area contributed by atoms with E-state index in [2.05, 4.69) is 184 Å². The highest BCUT2D eigenvalue weighted by atomic mass is 16.3. The highest BCUT2D eigenvalue weighted by molar-refractivity contribution is 6.01. The second-order valence-corrected chi connectivity index (χ2v) is 16.2. The number of benzene rings is 6. The number of phenols is 1. The first-order valence-electron chi connectivity index (χ1n) is 18.6. The summed E-state index contributed by atoms with van der Waals surface area (Å²) in [5.41, 5.74) is 11.2. The van der Waals surface area contributed by atoms with Crippen molar-refractivity contribution in [3.8, 4) is 39.7 Å². The highest BCUT2D eigenvalue weighted by Gasteiger charge is 2.28. The molecule has 0 atom stereocenters. The number of hydrogen-bond acceptors (Lipinski definition) is 4. The van der Waals surface area contributed by atoms with E-state index in [9.17, 15) is 5.11 Å². The number of hydrogen-bond donors (Lipinski definition) is 1. The number of aryl methyl sites for hydroxylation is 1. The van der Waals surface area contributed by atoms with Crippen molar-refractivity contribution in [2.24, 2.45) is 7.05 Å². The zero-order valence-corrected chi connectivity index (χ0v) is 32.1. The van der Waals surface area contributed by atoms with Gasteiger partial charge >= 0.3 is 0 Å². The molecule has 6 aromatic carbocycles. The van der Waals surface area contributed by atoms with Crippen LogP contribution in [0.4, 0.5) is 17.1 Å². The monoisotopic (exact) mass is 706 g/mol. The number of nitrogens with zero attached hydrogens (tertiary/aromatic N) is 4. The molecule has 2 aromatic heterocycles. The van der Waals surface area contributed by atoms with E-state index in [1.807, 2.05) is 19.2 Å². The summed E-state index contributed by atoms with van der Waals surface area (Å²) in [6.07, 6.45) is 0. The van der Waals surface area contributed by atoms with E-state index in [0.717, 1.165) is 83.9 Å². The Kier molecular flexibility index (Phi) is 8.61. The molecule has 5 nitrogen and oxygen atoms in total. The molecule has 54 heavy (non-hydrogen) atoms. The number of aromatic hydroxyl groups is 1. The Balaban J connectivity index is 1.31. The Hall–Kier alpha value is -6.20. The molecule has 0 aliphatic carbocycles. The van der Waals surface area contributed by atoms with Crippen molar-refractivity contribution < 1.29 is 5.11 Å². The summed E-state index contributed by atoms with van der Waals surface area (Å²) in [6, 6.07) is 50.7. The molecule has 0 spiro atoms. The predicted molar refractivity (Wildman–Crippen MR) is 226 cm³/mol. The molecule has 0 bridgehead atoms. The lowest BCUT2D eigenvalue weighted by Crippen LogP contribution is -2.17. The van der Waals surface area contributed by atoms with Gasteiger partial charge in [0.15, 0.2) is 0 Å². The molecule has 1 N–H and O–H groups in total. The quantitative estimate of drug-likeness (QED) is 0.187. The van der Waals surface area contributed by atoms with Gasteiger partial charge in [-0.3, -0.25) is 0 Å². The van der Waals surface area contributed by atoms with Gasteiger partial charge < -0.3 is 14.6 Å². The summed E-state index contributed by atoms with van der Waals surface area (Å²) < 4.78 is 2.10. The minimum atomic E-state index is -0.252. The first-order chi connectivity index (χ1) is 25.9. The Morgan fingerprint density at radius 1 is 0.574 bits per heavy atom. The molecule has 268 valence electrons. The summed E-state index contributed by atoms with van der Waals surface area (Å²) >= 11 is 0. The average molecular weight is 707 g/mol. The molecule has 0 amide bonds. The van der Waals surface area contributed by atoms with Crippen LogP contribution in [0.15, 0.2) is 146 Å². The summed E-state index contributed by atoms with van der Waals surface area (Å²) in [6.45, 7) is 13.1. The number of para-hydroxylation sites is 3. The van der Waals surface area contributed by atoms with Gasteiger partial charge in [-0.25, -0.2) is 9.97 Å². The summed E-state index contributed by atoms with van der Waals surface area (Å²) in [5.74, 6) is 1.00. The lowest BCUT2D eigenvalue weighted by molar-refractivity contribution is 0.446. The van der Waals surface area contributed by atoms with Crippen LogP contribution in [-0.4, -0.2) is 19.6 Å². The summed E-state index contributed by atoms with van der Waals surface area (Å²) in [4.78, 5) is 13.0. The van der Waals surface area contributed by atoms with Crippen LogP contribution < -0.4 is 4.90 Å². The molecule has 2 heterocycles. The molecule has 0 unspecified atom stereocenters. The average Bonchev–Trinajstić information content (AvgIpc) is 3.50. The van der Waals surface area contributed by atoms with E-state index < -0.39 is 0 Å². The fraction of sp³-hybridized carbons (Fsp3) is 0.184. The van der Waals surface area contributed by atoms with Crippen LogP contribution >= 0.6 is 0 Å². The minimum absolute atomic E-state index is 0.111. The molecule has 0 fully saturated rings. The third-order valence-electron chi connectivity index (χ3n) is 10.4. The first-order valence-corrected chi connectivity index (χ1v) is 18.6. The molecule has 0 aliphatic heterocycles. The Bertz CT molecular complexity index is 2610. The topological polar surface area (TPSA) is 54.2 Å². The lowest BCUT2D eigenvalue weighted by Gasteiger charge is -2.27.